The van der Waals surface area contributed by atoms with E-state index in [1.165, 1.54) is 37.3 Å². The quantitative estimate of drug-likeness (QED) is 0.203. The largest absolute Gasteiger partial charge is 0.461 e. The number of rotatable bonds is 8. The lowest BCUT2D eigenvalue weighted by Gasteiger charge is -2.67. The Hall–Kier alpha value is -3.95. The Morgan fingerprint density at radius 2 is 1.68 bits per heavy atom. The third kappa shape index (κ3) is 6.02. The van der Waals surface area contributed by atoms with E-state index in [9.17, 15) is 34.5 Å². The summed E-state index contributed by atoms with van der Waals surface area (Å²) in [6, 6.07) is 11.3. The van der Waals surface area contributed by atoms with E-state index in [1.54, 1.807) is 49.6 Å². The first kappa shape index (κ1) is 38.8. The molecular formula is C39H44O13S. The summed E-state index contributed by atoms with van der Waals surface area (Å²) in [5.74, 6) is -7.06. The van der Waals surface area contributed by atoms with E-state index < -0.39 is 107 Å². The molecule has 3 fully saturated rings. The molecule has 0 amide bonds. The zero-order valence-corrected chi connectivity index (χ0v) is 31.1. The van der Waals surface area contributed by atoms with Crippen molar-refractivity contribution in [3.63, 3.8) is 0 Å². The van der Waals surface area contributed by atoms with Crippen molar-refractivity contribution in [2.75, 3.05) is 6.61 Å². The van der Waals surface area contributed by atoms with E-state index >= 15 is 4.79 Å². The summed E-state index contributed by atoms with van der Waals surface area (Å²) in [4.78, 5) is 68.7. The highest BCUT2D eigenvalue weighted by Gasteiger charge is 2.78. The summed E-state index contributed by atoms with van der Waals surface area (Å²) < 4.78 is 29.9. The van der Waals surface area contributed by atoms with Crippen LogP contribution in [-0.4, -0.2) is 99.4 Å². The van der Waals surface area contributed by atoms with Crippen LogP contribution in [0, 0.1) is 23.7 Å². The van der Waals surface area contributed by atoms with E-state index in [4.69, 9.17) is 30.6 Å². The molecule has 2 radical (unpaired) electrons. The maximum absolute atomic E-state index is 15.1. The van der Waals surface area contributed by atoms with E-state index in [2.05, 4.69) is 0 Å². The number of hydrogen-bond donors (Lipinski definition) is 3. The number of esters is 4. The molecular weight excluding hydrogens is 708 g/mol. The van der Waals surface area contributed by atoms with E-state index in [0.29, 0.717) is 4.88 Å². The van der Waals surface area contributed by atoms with E-state index in [1.807, 2.05) is 0 Å². The number of fused-ring (bicyclic) bond motifs is 5. The normalized spacial score (nSPS) is 35.5. The molecule has 2 bridgehead atoms. The zero-order valence-electron chi connectivity index (χ0n) is 30.3. The van der Waals surface area contributed by atoms with Crippen molar-refractivity contribution in [2.24, 2.45) is 16.7 Å². The first-order chi connectivity index (χ1) is 24.8. The molecule has 1 unspecified atom stereocenters. The van der Waals surface area contributed by atoms with Crippen molar-refractivity contribution in [3.05, 3.63) is 76.4 Å². The lowest BCUT2D eigenvalue weighted by molar-refractivity contribution is -0.346. The minimum absolute atomic E-state index is 0.0263. The van der Waals surface area contributed by atoms with Crippen LogP contribution in [0.3, 0.4) is 0 Å². The van der Waals surface area contributed by atoms with Gasteiger partial charge in [-0.1, -0.05) is 38.1 Å². The van der Waals surface area contributed by atoms with Crippen molar-refractivity contribution in [1.29, 1.82) is 0 Å². The van der Waals surface area contributed by atoms with Crippen LogP contribution in [0.4, 0.5) is 0 Å². The molecule has 11 atom stereocenters. The molecule has 1 aromatic carbocycles. The highest BCUT2D eigenvalue weighted by atomic mass is 32.1. The third-order valence-corrected chi connectivity index (χ3v) is 12.9. The lowest BCUT2D eigenvalue weighted by Crippen LogP contribution is -2.82. The number of Topliss-reactive ketones (excluding diaryl/α,β-unsaturated/α-hetero) is 1. The van der Waals surface area contributed by atoms with Gasteiger partial charge in [0.2, 0.25) is 0 Å². The first-order valence-electron chi connectivity index (χ1n) is 17.4. The fourth-order valence-corrected chi connectivity index (χ4v) is 9.87. The van der Waals surface area contributed by atoms with Gasteiger partial charge >= 0.3 is 23.9 Å². The average molecular weight is 753 g/mol. The Kier molecular flexibility index (Phi) is 10.0. The van der Waals surface area contributed by atoms with Crippen LogP contribution < -0.4 is 0 Å². The van der Waals surface area contributed by atoms with E-state index in [0.717, 1.165) is 13.8 Å². The zero-order chi connectivity index (χ0) is 38.8. The fraction of sp³-hybridized carbons (Fsp3) is 0.538. The summed E-state index contributed by atoms with van der Waals surface area (Å²) in [6.07, 6.45) is -9.83. The number of hydrogen-bond acceptors (Lipinski definition) is 14. The standard InChI is InChI=1S/C39H44O13S/c1-19-24(50-35(46)29(42)20(2)25-14-11-15-53-25)17-39(47)33(51-34(45)23-12-9-8-10-13-23)31-37(7,32(44)30(43)28(19)36(39,5)6)26(49-21(3)40)16-27-38(31,18-48-27)52-22(4)41/h2,8-15,20,24,26-27,29-31,33,42-43,47H,16-18H2,1,3-7H3/t20-,24?,26-,27+,29+,30+,31-,33-,37+,38-,39+/m0/s1. The van der Waals surface area contributed by atoms with Crippen molar-refractivity contribution in [3.8, 4) is 0 Å². The number of carbonyl (C=O) groups is 5. The predicted molar refractivity (Wildman–Crippen MR) is 186 cm³/mol. The molecule has 2 saturated carbocycles. The van der Waals surface area contributed by atoms with Crippen LogP contribution in [-0.2, 0) is 42.9 Å². The summed E-state index contributed by atoms with van der Waals surface area (Å²) in [5, 5.41) is 38.3. The molecule has 13 nitrogen and oxygen atoms in total. The molecule has 6 rings (SSSR count). The highest BCUT2D eigenvalue weighted by molar-refractivity contribution is 7.10. The number of thiophene rings is 1. The van der Waals surface area contributed by atoms with Crippen molar-refractivity contribution in [2.45, 2.75) is 108 Å². The van der Waals surface area contributed by atoms with Gasteiger partial charge in [0.25, 0.3) is 0 Å². The van der Waals surface area contributed by atoms with Crippen molar-refractivity contribution < 1.29 is 63.0 Å². The van der Waals surface area contributed by atoms with Crippen molar-refractivity contribution in [1.82, 2.24) is 0 Å². The SMILES string of the molecule is [CH][C@@H](c1cccs1)[C@@H](O)C(=O)OC1C[C@@]2(O)[C@@H](OC(=O)c3ccccc3)[C@@H]3[C@]4(OC(C)=O)CO[C@@H]4C[C@H](OC(C)=O)[C@@]3(C)C(=O)[C@H](O)C(=C1C)C2(C)C. The second kappa shape index (κ2) is 13.7. The van der Waals surface area contributed by atoms with Gasteiger partial charge in [-0.3, -0.25) is 14.4 Å². The minimum atomic E-state index is -2.31. The van der Waals surface area contributed by atoms with Gasteiger partial charge in [0.15, 0.2) is 17.5 Å². The summed E-state index contributed by atoms with van der Waals surface area (Å²) >= 11 is 1.23. The first-order valence-corrected chi connectivity index (χ1v) is 18.3. The van der Waals surface area contributed by atoms with Gasteiger partial charge in [-0.15, -0.1) is 11.3 Å². The van der Waals surface area contributed by atoms with Crippen LogP contribution >= 0.6 is 11.3 Å². The summed E-state index contributed by atoms with van der Waals surface area (Å²) in [7, 11) is 0. The minimum Gasteiger partial charge on any atom is -0.461 e. The lowest BCUT2D eigenvalue weighted by atomic mass is 9.44. The Labute approximate surface area is 311 Å². The molecule has 1 aliphatic heterocycles. The highest BCUT2D eigenvalue weighted by Crippen LogP contribution is 2.64. The van der Waals surface area contributed by atoms with Crippen LogP contribution in [0.5, 0.6) is 0 Å². The molecule has 4 aliphatic rings. The summed E-state index contributed by atoms with van der Waals surface area (Å²) in [6.45, 7) is 14.3. The van der Waals surface area contributed by atoms with Crippen molar-refractivity contribution >= 4 is 41.0 Å². The molecule has 284 valence electrons. The average Bonchev–Trinajstić information content (AvgIpc) is 3.64. The monoisotopic (exact) mass is 752 g/mol. The fourth-order valence-electron chi connectivity index (χ4n) is 9.12. The molecule has 53 heavy (non-hydrogen) atoms. The van der Waals surface area contributed by atoms with Crippen LogP contribution in [0.15, 0.2) is 59.0 Å². The Balaban J connectivity index is 1.57. The van der Waals surface area contributed by atoms with Crippen LogP contribution in [0.25, 0.3) is 0 Å². The van der Waals surface area contributed by atoms with Gasteiger partial charge in [-0.25, -0.2) is 9.59 Å². The molecule has 1 aromatic heterocycles. The second-order valence-electron chi connectivity index (χ2n) is 15.2. The summed E-state index contributed by atoms with van der Waals surface area (Å²) in [5.41, 5.74) is -7.32. The van der Waals surface area contributed by atoms with Gasteiger partial charge in [0.05, 0.1) is 23.5 Å². The predicted octanol–water partition coefficient (Wildman–Crippen LogP) is 3.12. The van der Waals surface area contributed by atoms with Crippen LogP contribution in [0.1, 0.15) is 75.5 Å². The van der Waals surface area contributed by atoms with Gasteiger partial charge in [-0.2, -0.15) is 0 Å². The third-order valence-electron chi connectivity index (χ3n) is 11.9. The molecule has 2 heterocycles. The Morgan fingerprint density at radius 1 is 1.00 bits per heavy atom. The maximum Gasteiger partial charge on any atom is 0.338 e. The molecule has 3 aliphatic carbocycles. The Bertz CT molecular complexity index is 1820. The second-order valence-corrected chi connectivity index (χ2v) is 16.1. The Morgan fingerprint density at radius 3 is 2.25 bits per heavy atom. The number of aliphatic hydroxyl groups is 3. The molecule has 3 N–H and O–H groups in total. The smallest absolute Gasteiger partial charge is 0.338 e. The number of ketones is 1. The molecule has 2 aromatic rings. The topological polar surface area (TPSA) is 192 Å². The number of carbonyl (C=O) groups excluding carboxylic acids is 5. The number of aliphatic hydroxyl groups excluding tert-OH is 2. The molecule has 0 spiro atoms. The number of benzene rings is 1. The number of ether oxygens (including phenoxy) is 5. The van der Waals surface area contributed by atoms with Gasteiger partial charge < -0.3 is 39.0 Å². The van der Waals surface area contributed by atoms with Gasteiger partial charge in [0.1, 0.15) is 36.1 Å². The maximum atomic E-state index is 15.1. The van der Waals surface area contributed by atoms with E-state index in [-0.39, 0.29) is 29.7 Å². The van der Waals surface area contributed by atoms with Gasteiger partial charge in [0, 0.05) is 42.9 Å². The van der Waals surface area contributed by atoms with Crippen LogP contribution in [0.2, 0.25) is 0 Å². The molecule has 1 saturated heterocycles. The molecule has 14 heteroatoms. The van der Waals surface area contributed by atoms with Gasteiger partial charge in [-0.05, 0) is 55.5 Å².